The molecule has 1 aromatic rings. The number of nitrogens with zero attached hydrogens (tertiary/aromatic N) is 1. The van der Waals surface area contributed by atoms with E-state index in [1.165, 1.54) is 7.11 Å². The van der Waals surface area contributed by atoms with Crippen molar-refractivity contribution in [1.29, 1.82) is 0 Å². The van der Waals surface area contributed by atoms with Gasteiger partial charge in [0.05, 0.1) is 13.4 Å². The van der Waals surface area contributed by atoms with Gasteiger partial charge >= 0.3 is 5.97 Å². The Labute approximate surface area is 149 Å². The third kappa shape index (κ3) is 9.64. The Balaban J connectivity index is 0.00000441. The van der Waals surface area contributed by atoms with Crippen molar-refractivity contribution in [2.24, 2.45) is 4.99 Å². The van der Waals surface area contributed by atoms with Crippen molar-refractivity contribution in [3.05, 3.63) is 24.2 Å². The normalized spacial score (nSPS) is 10.7. The average molecular weight is 423 g/mol. The summed E-state index contributed by atoms with van der Waals surface area (Å²) in [6.45, 7) is 1.61. The Bertz CT molecular complexity index is 422. The van der Waals surface area contributed by atoms with E-state index in [0.717, 1.165) is 50.5 Å². The number of carbonyl (C=O) groups excluding carboxylic acids is 1. The second kappa shape index (κ2) is 13.4. The van der Waals surface area contributed by atoms with Gasteiger partial charge in [-0.1, -0.05) is 6.42 Å². The maximum absolute atomic E-state index is 10.9. The van der Waals surface area contributed by atoms with Crippen LogP contribution in [0.1, 0.15) is 31.4 Å². The van der Waals surface area contributed by atoms with Crippen LogP contribution in [0.25, 0.3) is 0 Å². The minimum atomic E-state index is -0.140. The van der Waals surface area contributed by atoms with Crippen molar-refractivity contribution < 1.29 is 13.9 Å². The van der Waals surface area contributed by atoms with E-state index >= 15 is 0 Å². The smallest absolute Gasteiger partial charge is 0.305 e. The lowest BCUT2D eigenvalue weighted by molar-refractivity contribution is -0.140. The molecule has 0 amide bonds. The van der Waals surface area contributed by atoms with Crippen molar-refractivity contribution in [3.8, 4) is 0 Å². The first kappa shape index (κ1) is 20.8. The molecule has 0 saturated heterocycles. The Morgan fingerprint density at radius 2 is 2.05 bits per heavy atom. The molecule has 0 fully saturated rings. The highest BCUT2D eigenvalue weighted by Crippen LogP contribution is 2.00. The number of rotatable bonds is 9. The van der Waals surface area contributed by atoms with E-state index in [9.17, 15) is 4.79 Å². The molecule has 6 nitrogen and oxygen atoms in total. The van der Waals surface area contributed by atoms with Crippen molar-refractivity contribution in [3.63, 3.8) is 0 Å². The third-order valence-electron chi connectivity index (χ3n) is 3.05. The van der Waals surface area contributed by atoms with Crippen molar-refractivity contribution in [1.82, 2.24) is 10.6 Å². The number of ether oxygens (including phenoxy) is 1. The van der Waals surface area contributed by atoms with Crippen LogP contribution in [0.4, 0.5) is 0 Å². The van der Waals surface area contributed by atoms with Crippen LogP contribution in [-0.2, 0) is 16.0 Å². The van der Waals surface area contributed by atoms with Gasteiger partial charge in [-0.05, 0) is 25.0 Å². The number of aliphatic imine (C=N–C) groups is 1. The molecule has 0 aliphatic carbocycles. The molecule has 0 saturated carbocycles. The van der Waals surface area contributed by atoms with Gasteiger partial charge in [0, 0.05) is 33.0 Å². The Kier molecular flexibility index (Phi) is 12.7. The van der Waals surface area contributed by atoms with Crippen LogP contribution in [0.5, 0.6) is 0 Å². The molecule has 22 heavy (non-hydrogen) atoms. The molecule has 0 atom stereocenters. The number of methoxy groups -OCH3 is 1. The van der Waals surface area contributed by atoms with Gasteiger partial charge in [0.25, 0.3) is 0 Å². The standard InChI is InChI=1S/C15H25N3O3.HI/c1-16-15(18-11-9-13-7-6-12-21-13)17-10-5-3-4-8-14(19)20-2;/h6-7,12H,3-5,8-11H2,1-2H3,(H2,16,17,18);1H. The maximum atomic E-state index is 10.9. The number of hydrogen-bond donors (Lipinski definition) is 2. The first-order valence-corrected chi connectivity index (χ1v) is 7.30. The molecule has 0 aliphatic heterocycles. The van der Waals surface area contributed by atoms with E-state index in [1.807, 2.05) is 12.1 Å². The van der Waals surface area contributed by atoms with Crippen LogP contribution >= 0.6 is 24.0 Å². The van der Waals surface area contributed by atoms with E-state index in [4.69, 9.17) is 4.42 Å². The van der Waals surface area contributed by atoms with Crippen LogP contribution in [0.15, 0.2) is 27.8 Å². The quantitative estimate of drug-likeness (QED) is 0.210. The minimum Gasteiger partial charge on any atom is -0.469 e. The molecular formula is C15H26IN3O3. The number of esters is 1. The molecule has 0 aromatic carbocycles. The zero-order chi connectivity index (χ0) is 15.3. The molecule has 0 unspecified atom stereocenters. The second-order valence-electron chi connectivity index (χ2n) is 4.64. The molecule has 126 valence electrons. The predicted molar refractivity (Wildman–Crippen MR) is 97.7 cm³/mol. The minimum absolute atomic E-state index is 0. The Morgan fingerprint density at radius 1 is 1.27 bits per heavy atom. The second-order valence-corrected chi connectivity index (χ2v) is 4.64. The number of carbonyl (C=O) groups is 1. The highest BCUT2D eigenvalue weighted by Gasteiger charge is 2.01. The van der Waals surface area contributed by atoms with Crippen LogP contribution in [-0.4, -0.2) is 39.2 Å². The molecule has 0 spiro atoms. The highest BCUT2D eigenvalue weighted by atomic mass is 127. The van der Waals surface area contributed by atoms with E-state index in [0.29, 0.717) is 6.42 Å². The SMILES string of the molecule is CN=C(NCCCCCC(=O)OC)NCCc1ccco1.I. The number of hydrogen-bond acceptors (Lipinski definition) is 4. The summed E-state index contributed by atoms with van der Waals surface area (Å²) in [6.07, 6.45) is 5.84. The van der Waals surface area contributed by atoms with Gasteiger partial charge in [0.1, 0.15) is 5.76 Å². The fourth-order valence-corrected chi connectivity index (χ4v) is 1.86. The van der Waals surface area contributed by atoms with E-state index in [-0.39, 0.29) is 29.9 Å². The number of furan rings is 1. The number of halogens is 1. The summed E-state index contributed by atoms with van der Waals surface area (Å²) in [6, 6.07) is 3.84. The van der Waals surface area contributed by atoms with E-state index in [2.05, 4.69) is 20.4 Å². The fraction of sp³-hybridized carbons (Fsp3) is 0.600. The van der Waals surface area contributed by atoms with Gasteiger partial charge in [-0.15, -0.1) is 24.0 Å². The fourth-order valence-electron chi connectivity index (χ4n) is 1.86. The number of guanidine groups is 1. The highest BCUT2D eigenvalue weighted by molar-refractivity contribution is 14.0. The van der Waals surface area contributed by atoms with Gasteiger partial charge < -0.3 is 19.8 Å². The predicted octanol–water partition coefficient (Wildman–Crippen LogP) is 2.34. The Morgan fingerprint density at radius 3 is 2.68 bits per heavy atom. The first-order valence-electron chi connectivity index (χ1n) is 7.30. The molecule has 0 radical (unpaired) electrons. The topological polar surface area (TPSA) is 75.9 Å². The summed E-state index contributed by atoms with van der Waals surface area (Å²) in [7, 11) is 3.17. The summed E-state index contributed by atoms with van der Waals surface area (Å²) >= 11 is 0. The van der Waals surface area contributed by atoms with Gasteiger partial charge in [-0.2, -0.15) is 0 Å². The molecule has 1 rings (SSSR count). The van der Waals surface area contributed by atoms with Gasteiger partial charge in [-0.3, -0.25) is 9.79 Å². The molecular weight excluding hydrogens is 397 g/mol. The van der Waals surface area contributed by atoms with Crippen LogP contribution in [0.2, 0.25) is 0 Å². The van der Waals surface area contributed by atoms with Crippen LogP contribution in [0, 0.1) is 0 Å². The molecule has 0 bridgehead atoms. The summed E-state index contributed by atoms with van der Waals surface area (Å²) in [5.74, 6) is 1.61. The van der Waals surface area contributed by atoms with Crippen LogP contribution < -0.4 is 10.6 Å². The zero-order valence-corrected chi connectivity index (χ0v) is 15.6. The van der Waals surface area contributed by atoms with Crippen molar-refractivity contribution in [2.75, 3.05) is 27.2 Å². The first-order chi connectivity index (χ1) is 10.3. The van der Waals surface area contributed by atoms with Gasteiger partial charge in [0.15, 0.2) is 5.96 Å². The summed E-state index contributed by atoms with van der Waals surface area (Å²) in [5.41, 5.74) is 0. The molecule has 1 heterocycles. The van der Waals surface area contributed by atoms with E-state index in [1.54, 1.807) is 13.3 Å². The van der Waals surface area contributed by atoms with Crippen molar-refractivity contribution >= 4 is 35.9 Å². The summed E-state index contributed by atoms with van der Waals surface area (Å²) in [4.78, 5) is 15.1. The zero-order valence-electron chi connectivity index (χ0n) is 13.3. The molecule has 2 N–H and O–H groups in total. The molecule has 7 heteroatoms. The molecule has 0 aliphatic rings. The third-order valence-corrected chi connectivity index (χ3v) is 3.05. The summed E-state index contributed by atoms with van der Waals surface area (Å²) < 4.78 is 9.86. The average Bonchev–Trinajstić information content (AvgIpc) is 3.01. The Hall–Kier alpha value is -1.25. The van der Waals surface area contributed by atoms with Crippen molar-refractivity contribution in [2.45, 2.75) is 32.1 Å². The lowest BCUT2D eigenvalue weighted by Crippen LogP contribution is -2.38. The summed E-state index contributed by atoms with van der Waals surface area (Å²) in [5, 5.41) is 6.47. The van der Waals surface area contributed by atoms with Crippen LogP contribution in [0.3, 0.4) is 0 Å². The monoisotopic (exact) mass is 423 g/mol. The number of unbranched alkanes of at least 4 members (excludes halogenated alkanes) is 2. The largest absolute Gasteiger partial charge is 0.469 e. The van der Waals surface area contributed by atoms with E-state index < -0.39 is 0 Å². The maximum Gasteiger partial charge on any atom is 0.305 e. The van der Waals surface area contributed by atoms with Gasteiger partial charge in [-0.25, -0.2) is 0 Å². The number of nitrogens with one attached hydrogen (secondary N) is 2. The van der Waals surface area contributed by atoms with Gasteiger partial charge in [0.2, 0.25) is 0 Å². The molecule has 1 aromatic heterocycles. The lowest BCUT2D eigenvalue weighted by atomic mass is 10.2. The lowest BCUT2D eigenvalue weighted by Gasteiger charge is -2.11.